The molecule has 0 fully saturated rings. The molecule has 0 aromatic rings. The number of hydrogen-bond acceptors (Lipinski definition) is 1. The van der Waals surface area contributed by atoms with Crippen LogP contribution in [0.5, 0.6) is 0 Å². The fourth-order valence-electron chi connectivity index (χ4n) is 1.12. The topological polar surface area (TPSA) is 12.0 Å². The van der Waals surface area contributed by atoms with Crippen LogP contribution in [0.3, 0.4) is 0 Å². The fourth-order valence-corrected chi connectivity index (χ4v) is 1.12. The summed E-state index contributed by atoms with van der Waals surface area (Å²) in [6, 6.07) is 0. The number of hydrogen-bond donors (Lipinski definition) is 1. The van der Waals surface area contributed by atoms with Crippen molar-refractivity contribution >= 4 is 0 Å². The van der Waals surface area contributed by atoms with E-state index in [9.17, 15) is 0 Å². The molecule has 0 atom stereocenters. The first-order chi connectivity index (χ1) is 3.71. The van der Waals surface area contributed by atoms with Crippen LogP contribution in [0.25, 0.3) is 0 Å². The normalized spacial score (nSPS) is 12.6. The Bertz CT molecular complexity index is 74.4. The van der Waals surface area contributed by atoms with Crippen LogP contribution >= 0.6 is 0 Å². The van der Waals surface area contributed by atoms with Crippen molar-refractivity contribution in [3.63, 3.8) is 0 Å². The molecule has 2 heteroatoms. The first-order valence-corrected chi connectivity index (χ1v) is 3.50. The Morgan fingerprint density at radius 1 is 0.700 bits per heavy atom. The predicted octanol–water partition coefficient (Wildman–Crippen LogP) is 2.33. The van der Waals surface area contributed by atoms with E-state index in [2.05, 4.69) is 46.9 Å². The van der Waals surface area contributed by atoms with Crippen molar-refractivity contribution in [3.8, 4) is 0 Å². The molecule has 0 aliphatic heterocycles. The Labute approximate surface area is 63.6 Å². The molecular formula is C8H20FN. The molecule has 0 heterocycles. The molecule has 10 heavy (non-hydrogen) atoms. The van der Waals surface area contributed by atoms with Crippen molar-refractivity contribution in [3.05, 3.63) is 0 Å². The average Bonchev–Trinajstić information content (AvgIpc) is 1.14. The van der Waals surface area contributed by atoms with E-state index >= 15 is 0 Å². The summed E-state index contributed by atoms with van der Waals surface area (Å²) in [5.74, 6) is 0. The van der Waals surface area contributed by atoms with E-state index < -0.39 is 0 Å². The number of halogens is 1. The molecule has 0 unspecified atom stereocenters. The van der Waals surface area contributed by atoms with Gasteiger partial charge in [0.05, 0.1) is 0 Å². The lowest BCUT2D eigenvalue weighted by Gasteiger charge is -2.31. The first-order valence-electron chi connectivity index (χ1n) is 3.50. The smallest absolute Gasteiger partial charge is 0.0101 e. The fraction of sp³-hybridized carbons (Fsp3) is 1.00. The van der Waals surface area contributed by atoms with Crippen LogP contribution < -0.4 is 5.32 Å². The van der Waals surface area contributed by atoms with Gasteiger partial charge in [0.25, 0.3) is 0 Å². The van der Waals surface area contributed by atoms with E-state index in [4.69, 9.17) is 0 Å². The van der Waals surface area contributed by atoms with E-state index in [0.29, 0.717) is 0 Å². The van der Waals surface area contributed by atoms with E-state index in [0.717, 1.165) is 0 Å². The molecule has 0 rings (SSSR count). The third kappa shape index (κ3) is 10.8. The van der Waals surface area contributed by atoms with E-state index in [-0.39, 0.29) is 15.8 Å². The lowest BCUT2D eigenvalue weighted by molar-refractivity contribution is 0.303. The molecular weight excluding hydrogens is 129 g/mol. The van der Waals surface area contributed by atoms with Crippen LogP contribution in [-0.2, 0) is 0 Å². The van der Waals surface area contributed by atoms with Crippen LogP contribution in [0.2, 0.25) is 0 Å². The van der Waals surface area contributed by atoms with Crippen molar-refractivity contribution in [1.82, 2.24) is 5.32 Å². The summed E-state index contributed by atoms with van der Waals surface area (Å²) >= 11 is 0. The Kier molecular flexibility index (Phi) is 4.18. The molecule has 0 saturated carbocycles. The van der Waals surface area contributed by atoms with Crippen LogP contribution in [0.1, 0.15) is 41.5 Å². The Morgan fingerprint density at radius 3 is 0.900 bits per heavy atom. The highest BCUT2D eigenvalue weighted by molar-refractivity contribution is 4.80. The van der Waals surface area contributed by atoms with Gasteiger partial charge >= 0.3 is 0 Å². The van der Waals surface area contributed by atoms with Crippen LogP contribution in [0.15, 0.2) is 0 Å². The van der Waals surface area contributed by atoms with Gasteiger partial charge in [-0.05, 0) is 41.5 Å². The molecule has 0 saturated heterocycles. The zero-order valence-electron chi connectivity index (χ0n) is 7.91. The summed E-state index contributed by atoms with van der Waals surface area (Å²) < 4.78 is 0. The lowest BCUT2D eigenvalue weighted by atomic mass is 10.0. The molecule has 1 nitrogen and oxygen atoms in total. The van der Waals surface area contributed by atoms with Crippen LogP contribution in [-0.4, -0.2) is 11.1 Å². The summed E-state index contributed by atoms with van der Waals surface area (Å²) in [5, 5.41) is 3.46. The van der Waals surface area contributed by atoms with Gasteiger partial charge < -0.3 is 5.32 Å². The van der Waals surface area contributed by atoms with Crippen molar-refractivity contribution < 1.29 is 4.70 Å². The van der Waals surface area contributed by atoms with Gasteiger partial charge in [-0.2, -0.15) is 0 Å². The highest BCUT2D eigenvalue weighted by Crippen LogP contribution is 2.08. The molecule has 0 bridgehead atoms. The van der Waals surface area contributed by atoms with E-state index in [1.807, 2.05) is 0 Å². The molecule has 0 aliphatic rings. The monoisotopic (exact) mass is 149 g/mol. The zero-order chi connectivity index (χ0) is 7.71. The molecule has 0 radical (unpaired) electrons. The minimum Gasteiger partial charge on any atom is -0.307 e. The molecule has 0 spiro atoms. The maximum absolute atomic E-state index is 3.46. The van der Waals surface area contributed by atoms with Crippen molar-refractivity contribution in [2.45, 2.75) is 52.6 Å². The largest absolute Gasteiger partial charge is 0.307 e. The highest BCUT2D eigenvalue weighted by atomic mass is 19.0. The predicted molar refractivity (Wildman–Crippen MR) is 45.1 cm³/mol. The second-order valence-corrected chi connectivity index (χ2v) is 4.62. The zero-order valence-corrected chi connectivity index (χ0v) is 7.91. The Balaban J connectivity index is 0. The number of rotatable bonds is 0. The maximum Gasteiger partial charge on any atom is 0.0101 e. The Hall–Kier alpha value is -0.110. The molecule has 0 aromatic heterocycles. The van der Waals surface area contributed by atoms with Gasteiger partial charge in [0, 0.05) is 11.1 Å². The molecule has 0 aromatic carbocycles. The minimum absolute atomic E-state index is 0. The second kappa shape index (κ2) is 3.33. The SMILES string of the molecule is CC(C)(C)NC(C)(C)C.F. The molecule has 0 aliphatic carbocycles. The van der Waals surface area contributed by atoms with Crippen LogP contribution in [0.4, 0.5) is 4.70 Å². The van der Waals surface area contributed by atoms with E-state index in [1.54, 1.807) is 0 Å². The molecule has 0 amide bonds. The van der Waals surface area contributed by atoms with Gasteiger partial charge in [-0.15, -0.1) is 0 Å². The second-order valence-electron chi connectivity index (χ2n) is 4.62. The minimum atomic E-state index is 0. The quantitative estimate of drug-likeness (QED) is 0.557. The third-order valence-electron chi connectivity index (χ3n) is 0.750. The highest BCUT2D eigenvalue weighted by Gasteiger charge is 2.17. The summed E-state index contributed by atoms with van der Waals surface area (Å²) in [7, 11) is 0. The van der Waals surface area contributed by atoms with Gasteiger partial charge in [-0.1, -0.05) is 0 Å². The van der Waals surface area contributed by atoms with Crippen molar-refractivity contribution in [1.29, 1.82) is 0 Å². The van der Waals surface area contributed by atoms with Gasteiger partial charge in [0.1, 0.15) is 0 Å². The standard InChI is InChI=1S/C8H19N.FH/c1-7(2,3)9-8(4,5)6;/h9H,1-6H3;1H. The van der Waals surface area contributed by atoms with E-state index in [1.165, 1.54) is 0 Å². The summed E-state index contributed by atoms with van der Waals surface area (Å²) in [4.78, 5) is 0. The van der Waals surface area contributed by atoms with Crippen molar-refractivity contribution in [2.24, 2.45) is 0 Å². The first kappa shape index (κ1) is 12.6. The average molecular weight is 149 g/mol. The van der Waals surface area contributed by atoms with Gasteiger partial charge in [-0.25, -0.2) is 0 Å². The van der Waals surface area contributed by atoms with Crippen LogP contribution in [0, 0.1) is 0 Å². The van der Waals surface area contributed by atoms with Crippen molar-refractivity contribution in [2.75, 3.05) is 0 Å². The lowest BCUT2D eigenvalue weighted by Crippen LogP contribution is -2.48. The molecule has 64 valence electrons. The summed E-state index contributed by atoms with van der Waals surface area (Å²) in [5.41, 5.74) is 0.469. The third-order valence-corrected chi connectivity index (χ3v) is 0.750. The number of nitrogens with one attached hydrogen (secondary N) is 1. The van der Waals surface area contributed by atoms with Gasteiger partial charge in [0.2, 0.25) is 0 Å². The Morgan fingerprint density at radius 2 is 0.900 bits per heavy atom. The summed E-state index contributed by atoms with van der Waals surface area (Å²) in [6.45, 7) is 13.1. The summed E-state index contributed by atoms with van der Waals surface area (Å²) in [6.07, 6.45) is 0. The van der Waals surface area contributed by atoms with Gasteiger partial charge in [-0.3, -0.25) is 4.70 Å². The van der Waals surface area contributed by atoms with Gasteiger partial charge in [0.15, 0.2) is 0 Å². The maximum atomic E-state index is 3.46. The molecule has 1 N–H and O–H groups in total.